The Kier molecular flexibility index (Phi) is 4.78. The number of hydrogen-bond acceptors (Lipinski definition) is 2. The average molecular weight is 350 g/mol. The minimum atomic E-state index is -4.50. The highest BCUT2D eigenvalue weighted by Gasteiger charge is 2.33. The van der Waals surface area contributed by atoms with Gasteiger partial charge in [-0.05, 0) is 30.0 Å². The smallest absolute Gasteiger partial charge is 0.354 e. The number of nitrogens with one attached hydrogen (secondary N) is 1. The van der Waals surface area contributed by atoms with Crippen LogP contribution < -0.4 is 5.32 Å². The Morgan fingerprint density at radius 2 is 1.92 bits per heavy atom. The van der Waals surface area contributed by atoms with Crippen molar-refractivity contribution in [2.75, 3.05) is 6.54 Å². The van der Waals surface area contributed by atoms with Crippen LogP contribution in [0, 0.1) is 0 Å². The van der Waals surface area contributed by atoms with Gasteiger partial charge in [-0.2, -0.15) is 18.3 Å². The molecular formula is C17H17F3N4O. The van der Waals surface area contributed by atoms with Gasteiger partial charge in [-0.3, -0.25) is 9.48 Å². The molecule has 1 N–H and O–H groups in total. The van der Waals surface area contributed by atoms with Crippen molar-refractivity contribution in [2.45, 2.75) is 25.7 Å². The summed E-state index contributed by atoms with van der Waals surface area (Å²) in [5.74, 6) is -0.366. The number of aromatic nitrogens is 3. The van der Waals surface area contributed by atoms with Gasteiger partial charge in [-0.25, -0.2) is 0 Å². The van der Waals surface area contributed by atoms with Crippen molar-refractivity contribution in [3.63, 3.8) is 0 Å². The molecule has 0 radical (unpaired) electrons. The molecule has 1 amide bonds. The minimum absolute atomic E-state index is 0.234. The van der Waals surface area contributed by atoms with Crippen LogP contribution >= 0.6 is 0 Å². The van der Waals surface area contributed by atoms with Gasteiger partial charge in [0.1, 0.15) is 6.54 Å². The highest BCUT2D eigenvalue weighted by Crippen LogP contribution is 2.27. The Balaban J connectivity index is 1.44. The van der Waals surface area contributed by atoms with Crippen LogP contribution in [0.4, 0.5) is 13.2 Å². The fourth-order valence-electron chi connectivity index (χ4n) is 2.62. The summed E-state index contributed by atoms with van der Waals surface area (Å²) in [6, 6.07) is 10.9. The van der Waals surface area contributed by atoms with E-state index in [1.165, 1.54) is 0 Å². The number of aryl methyl sites for hydroxylation is 1. The summed E-state index contributed by atoms with van der Waals surface area (Å²) in [6.45, 7) is 0.953. The van der Waals surface area contributed by atoms with Crippen LogP contribution in [0.1, 0.15) is 12.1 Å². The second-order valence-electron chi connectivity index (χ2n) is 5.67. The van der Waals surface area contributed by atoms with Gasteiger partial charge < -0.3 is 9.88 Å². The Hall–Kier alpha value is -2.77. The summed E-state index contributed by atoms with van der Waals surface area (Å²) >= 11 is 0. The molecule has 0 aliphatic rings. The fraction of sp³-hybridized carbons (Fsp3) is 0.294. The monoisotopic (exact) mass is 350 g/mol. The Labute approximate surface area is 142 Å². The molecule has 0 saturated heterocycles. The number of benzene rings is 1. The van der Waals surface area contributed by atoms with Gasteiger partial charge in [-0.1, -0.05) is 18.2 Å². The summed E-state index contributed by atoms with van der Waals surface area (Å²) < 4.78 is 40.4. The number of fused-ring (bicyclic) bond motifs is 1. The molecule has 8 heteroatoms. The summed E-state index contributed by atoms with van der Waals surface area (Å²) in [7, 11) is 0. The molecule has 2 heterocycles. The second-order valence-corrected chi connectivity index (χ2v) is 5.67. The lowest BCUT2D eigenvalue weighted by atomic mass is 10.2. The van der Waals surface area contributed by atoms with Crippen molar-refractivity contribution in [1.82, 2.24) is 19.7 Å². The van der Waals surface area contributed by atoms with E-state index in [0.717, 1.165) is 40.8 Å². The number of carbonyl (C=O) groups excluding carboxylic acids is 1. The Morgan fingerprint density at radius 3 is 2.68 bits per heavy atom. The molecule has 0 aliphatic carbocycles. The second kappa shape index (κ2) is 7.00. The molecule has 1 aromatic carbocycles. The minimum Gasteiger partial charge on any atom is -0.354 e. The molecule has 0 unspecified atom stereocenters. The summed E-state index contributed by atoms with van der Waals surface area (Å²) in [5, 5.41) is 7.20. The molecule has 0 aliphatic heterocycles. The van der Waals surface area contributed by atoms with E-state index in [4.69, 9.17) is 0 Å². The molecular weight excluding hydrogens is 333 g/mol. The Bertz CT molecular complexity index is 866. The molecule has 132 valence electrons. The first kappa shape index (κ1) is 17.1. The lowest BCUT2D eigenvalue weighted by Crippen LogP contribution is -2.29. The van der Waals surface area contributed by atoms with Gasteiger partial charge in [0, 0.05) is 31.0 Å². The number of rotatable bonds is 6. The predicted molar refractivity (Wildman–Crippen MR) is 86.8 cm³/mol. The van der Waals surface area contributed by atoms with Gasteiger partial charge in [0.2, 0.25) is 5.91 Å². The fourth-order valence-corrected chi connectivity index (χ4v) is 2.62. The third kappa shape index (κ3) is 4.20. The Morgan fingerprint density at radius 1 is 1.12 bits per heavy atom. The highest BCUT2D eigenvalue weighted by atomic mass is 19.4. The molecule has 0 fully saturated rings. The summed E-state index contributed by atoms with van der Waals surface area (Å²) in [5.41, 5.74) is 0.129. The van der Waals surface area contributed by atoms with Crippen molar-refractivity contribution >= 4 is 16.8 Å². The largest absolute Gasteiger partial charge is 0.435 e. The number of para-hydroxylation sites is 1. The van der Waals surface area contributed by atoms with Gasteiger partial charge in [0.25, 0.3) is 0 Å². The SMILES string of the molecule is O=C(Cn1ccc(C(F)(F)F)n1)NCCCn1ccc2ccccc21. The normalized spacial score (nSPS) is 11.8. The zero-order valence-electron chi connectivity index (χ0n) is 13.3. The van der Waals surface area contributed by atoms with Gasteiger partial charge >= 0.3 is 6.18 Å². The standard InChI is InChI=1S/C17H17F3N4O/c18-17(19,20)15-7-11-24(22-15)12-16(25)21-8-3-9-23-10-6-13-4-1-2-5-14(13)23/h1-2,4-7,10-11H,3,8-9,12H2,(H,21,25). The number of nitrogens with zero attached hydrogens (tertiary/aromatic N) is 3. The van der Waals surface area contributed by atoms with E-state index < -0.39 is 11.9 Å². The van der Waals surface area contributed by atoms with E-state index in [9.17, 15) is 18.0 Å². The number of halogens is 3. The van der Waals surface area contributed by atoms with E-state index in [2.05, 4.69) is 15.0 Å². The van der Waals surface area contributed by atoms with Gasteiger partial charge in [-0.15, -0.1) is 0 Å². The van der Waals surface area contributed by atoms with Crippen LogP contribution in [0.3, 0.4) is 0 Å². The molecule has 0 saturated carbocycles. The zero-order valence-corrected chi connectivity index (χ0v) is 13.3. The number of alkyl halides is 3. The highest BCUT2D eigenvalue weighted by molar-refractivity contribution is 5.79. The molecule has 5 nitrogen and oxygen atoms in total. The van der Waals surface area contributed by atoms with Crippen molar-refractivity contribution in [3.8, 4) is 0 Å². The van der Waals surface area contributed by atoms with Crippen molar-refractivity contribution in [1.29, 1.82) is 0 Å². The molecule has 0 bridgehead atoms. The maximum absolute atomic E-state index is 12.5. The lowest BCUT2D eigenvalue weighted by molar-refractivity contribution is -0.141. The number of carbonyl (C=O) groups is 1. The van der Waals surface area contributed by atoms with Crippen LogP contribution in [-0.4, -0.2) is 26.8 Å². The van der Waals surface area contributed by atoms with Crippen LogP contribution in [0.2, 0.25) is 0 Å². The number of hydrogen-bond donors (Lipinski definition) is 1. The maximum atomic E-state index is 12.5. The van der Waals surface area contributed by atoms with E-state index in [-0.39, 0.29) is 12.5 Å². The first-order chi connectivity index (χ1) is 11.9. The molecule has 0 atom stereocenters. The van der Waals surface area contributed by atoms with Crippen LogP contribution in [0.5, 0.6) is 0 Å². The first-order valence-electron chi connectivity index (χ1n) is 7.85. The van der Waals surface area contributed by atoms with Crippen LogP contribution in [-0.2, 0) is 24.1 Å². The van der Waals surface area contributed by atoms with E-state index in [1.807, 2.05) is 36.5 Å². The third-order valence-corrected chi connectivity index (χ3v) is 3.81. The van der Waals surface area contributed by atoms with Crippen LogP contribution in [0.25, 0.3) is 10.9 Å². The summed E-state index contributed by atoms with van der Waals surface area (Å²) in [4.78, 5) is 11.8. The molecule has 0 spiro atoms. The van der Waals surface area contributed by atoms with Crippen LogP contribution in [0.15, 0.2) is 48.8 Å². The molecule has 3 rings (SSSR count). The number of amides is 1. The molecule has 3 aromatic rings. The molecule has 25 heavy (non-hydrogen) atoms. The summed E-state index contributed by atoms with van der Waals surface area (Å²) in [6.07, 6.45) is -0.637. The quantitative estimate of drug-likeness (QED) is 0.695. The maximum Gasteiger partial charge on any atom is 0.435 e. The van der Waals surface area contributed by atoms with Crippen molar-refractivity contribution in [2.24, 2.45) is 0 Å². The first-order valence-corrected chi connectivity index (χ1v) is 7.85. The zero-order chi connectivity index (χ0) is 17.9. The predicted octanol–water partition coefficient (Wildman–Crippen LogP) is 3.06. The van der Waals surface area contributed by atoms with E-state index >= 15 is 0 Å². The topological polar surface area (TPSA) is 51.9 Å². The van der Waals surface area contributed by atoms with Crippen molar-refractivity contribution in [3.05, 3.63) is 54.5 Å². The average Bonchev–Trinajstić information content (AvgIpc) is 3.18. The molecule has 2 aromatic heterocycles. The van der Waals surface area contributed by atoms with Crippen molar-refractivity contribution < 1.29 is 18.0 Å². The third-order valence-electron chi connectivity index (χ3n) is 3.81. The van der Waals surface area contributed by atoms with E-state index in [1.54, 1.807) is 0 Å². The van der Waals surface area contributed by atoms with Gasteiger partial charge in [0.05, 0.1) is 0 Å². The van der Waals surface area contributed by atoms with Gasteiger partial charge in [0.15, 0.2) is 5.69 Å². The van der Waals surface area contributed by atoms with E-state index in [0.29, 0.717) is 6.54 Å². The lowest BCUT2D eigenvalue weighted by Gasteiger charge is -2.08.